The van der Waals surface area contributed by atoms with Gasteiger partial charge in [-0.05, 0) is 61.2 Å². The molecule has 0 bridgehead atoms. The maximum Gasteiger partial charge on any atom is 0.307 e. The summed E-state index contributed by atoms with van der Waals surface area (Å²) in [7, 11) is 2.06. The van der Waals surface area contributed by atoms with Gasteiger partial charge in [0.1, 0.15) is 5.82 Å². The Morgan fingerprint density at radius 1 is 1.26 bits per heavy atom. The van der Waals surface area contributed by atoms with Crippen molar-refractivity contribution in [1.82, 2.24) is 4.57 Å². The highest BCUT2D eigenvalue weighted by molar-refractivity contribution is 6.07. The van der Waals surface area contributed by atoms with Crippen LogP contribution in [0, 0.1) is 19.7 Å². The third kappa shape index (κ3) is 2.60. The normalized spacial score (nSPS) is 16.2. The minimum Gasteiger partial charge on any atom is -0.481 e. The van der Waals surface area contributed by atoms with Crippen molar-refractivity contribution >= 4 is 22.6 Å². The van der Waals surface area contributed by atoms with Crippen molar-refractivity contribution in [3.63, 3.8) is 0 Å². The molecule has 5 heteroatoms. The van der Waals surface area contributed by atoms with E-state index in [9.17, 15) is 14.3 Å². The van der Waals surface area contributed by atoms with Gasteiger partial charge < -0.3 is 14.6 Å². The van der Waals surface area contributed by atoms with Crippen molar-refractivity contribution in [2.45, 2.75) is 33.2 Å². The van der Waals surface area contributed by atoms with Crippen molar-refractivity contribution in [3.05, 3.63) is 53.0 Å². The Kier molecular flexibility index (Phi) is 3.98. The average Bonchev–Trinajstić information content (AvgIpc) is 2.92. The van der Waals surface area contributed by atoms with E-state index in [1.807, 2.05) is 6.92 Å². The number of hydrogen-bond donors (Lipinski definition) is 1. The van der Waals surface area contributed by atoms with E-state index >= 15 is 0 Å². The van der Waals surface area contributed by atoms with E-state index in [1.165, 1.54) is 12.1 Å². The van der Waals surface area contributed by atoms with Gasteiger partial charge in [0.15, 0.2) is 0 Å². The van der Waals surface area contributed by atoms with Crippen LogP contribution in [0.25, 0.3) is 22.0 Å². The number of rotatable bonds is 3. The Labute approximate surface area is 157 Å². The largest absolute Gasteiger partial charge is 0.481 e. The predicted molar refractivity (Wildman–Crippen MR) is 106 cm³/mol. The van der Waals surface area contributed by atoms with Crippen LogP contribution in [0.5, 0.6) is 0 Å². The summed E-state index contributed by atoms with van der Waals surface area (Å²) >= 11 is 0. The molecule has 1 aliphatic rings. The average molecular weight is 366 g/mol. The van der Waals surface area contributed by atoms with Crippen LogP contribution >= 0.6 is 0 Å². The number of benzene rings is 2. The lowest BCUT2D eigenvalue weighted by Crippen LogP contribution is -2.32. The molecule has 0 saturated carbocycles. The molecule has 0 saturated heterocycles. The number of halogens is 1. The zero-order chi connectivity index (χ0) is 19.5. The molecule has 0 radical (unpaired) electrons. The standard InChI is InChI=1S/C22H23FN2O2/c1-12-9-18-20(15-5-7-16(23)8-6-15)17(10-19(26)27)14(3)21-22(18)25(12)13(2)11-24(21)4/h5-9,13H,10-11H2,1-4H3,(H,26,27). The van der Waals surface area contributed by atoms with Crippen LogP contribution in [0.2, 0.25) is 0 Å². The van der Waals surface area contributed by atoms with E-state index in [0.29, 0.717) is 6.04 Å². The molecule has 1 unspecified atom stereocenters. The Morgan fingerprint density at radius 3 is 2.56 bits per heavy atom. The molecule has 0 amide bonds. The van der Waals surface area contributed by atoms with E-state index in [1.54, 1.807) is 12.1 Å². The molecule has 4 nitrogen and oxygen atoms in total. The van der Waals surface area contributed by atoms with Crippen LogP contribution in [0.15, 0.2) is 30.3 Å². The van der Waals surface area contributed by atoms with Crippen LogP contribution in [0.3, 0.4) is 0 Å². The number of aliphatic carboxylic acids is 1. The van der Waals surface area contributed by atoms with Crippen molar-refractivity contribution in [2.75, 3.05) is 18.5 Å². The molecular weight excluding hydrogens is 343 g/mol. The molecule has 1 aromatic heterocycles. The highest BCUT2D eigenvalue weighted by Crippen LogP contribution is 2.46. The number of likely N-dealkylation sites (N-methyl/N-ethyl adjacent to an activating group) is 1. The van der Waals surface area contributed by atoms with E-state index in [2.05, 4.69) is 36.4 Å². The van der Waals surface area contributed by atoms with Crippen molar-refractivity contribution < 1.29 is 14.3 Å². The molecule has 1 aliphatic heterocycles. The van der Waals surface area contributed by atoms with Crippen molar-refractivity contribution in [3.8, 4) is 11.1 Å². The minimum atomic E-state index is -0.865. The molecule has 140 valence electrons. The van der Waals surface area contributed by atoms with Gasteiger partial charge in [0.25, 0.3) is 0 Å². The van der Waals surface area contributed by atoms with Gasteiger partial charge in [0, 0.05) is 30.7 Å². The lowest BCUT2D eigenvalue weighted by Gasteiger charge is -2.35. The molecule has 2 heterocycles. The summed E-state index contributed by atoms with van der Waals surface area (Å²) in [6.07, 6.45) is -0.0604. The molecule has 1 N–H and O–H groups in total. The summed E-state index contributed by atoms with van der Waals surface area (Å²) in [6, 6.07) is 8.79. The molecule has 2 aromatic carbocycles. The Balaban J connectivity index is 2.17. The number of carboxylic acid groups (broad SMARTS) is 1. The number of carboxylic acids is 1. The molecule has 1 atom stereocenters. The van der Waals surface area contributed by atoms with Crippen molar-refractivity contribution in [2.24, 2.45) is 0 Å². The summed E-state index contributed by atoms with van der Waals surface area (Å²) in [5.74, 6) is -1.16. The van der Waals surface area contributed by atoms with Gasteiger partial charge >= 0.3 is 5.97 Å². The lowest BCUT2D eigenvalue weighted by molar-refractivity contribution is -0.136. The summed E-state index contributed by atoms with van der Waals surface area (Å²) in [4.78, 5) is 13.9. The van der Waals surface area contributed by atoms with Gasteiger partial charge in [-0.1, -0.05) is 12.1 Å². The fourth-order valence-electron chi connectivity index (χ4n) is 4.68. The van der Waals surface area contributed by atoms with E-state index in [0.717, 1.165) is 51.1 Å². The monoisotopic (exact) mass is 366 g/mol. The molecule has 0 fully saturated rings. The van der Waals surface area contributed by atoms with Gasteiger partial charge in [0.05, 0.1) is 17.6 Å². The summed E-state index contributed by atoms with van der Waals surface area (Å²) < 4.78 is 15.8. The van der Waals surface area contributed by atoms with Gasteiger partial charge in [-0.15, -0.1) is 0 Å². The summed E-state index contributed by atoms with van der Waals surface area (Å²) in [6.45, 7) is 7.16. The van der Waals surface area contributed by atoms with Crippen LogP contribution < -0.4 is 4.90 Å². The van der Waals surface area contributed by atoms with Gasteiger partial charge in [0.2, 0.25) is 0 Å². The quantitative estimate of drug-likeness (QED) is 0.731. The zero-order valence-electron chi connectivity index (χ0n) is 16.0. The fraction of sp³-hybridized carbons (Fsp3) is 0.318. The molecule has 3 aromatic rings. The second kappa shape index (κ2) is 6.12. The van der Waals surface area contributed by atoms with Gasteiger partial charge in [-0.25, -0.2) is 4.39 Å². The first kappa shape index (κ1) is 17.6. The minimum absolute atomic E-state index is 0.0604. The third-order valence-corrected chi connectivity index (χ3v) is 5.65. The maximum absolute atomic E-state index is 13.5. The third-order valence-electron chi connectivity index (χ3n) is 5.65. The molecular formula is C22H23FN2O2. The van der Waals surface area contributed by atoms with Crippen LogP contribution in [0.4, 0.5) is 10.1 Å². The smallest absolute Gasteiger partial charge is 0.307 e. The Bertz CT molecular complexity index is 1070. The van der Waals surface area contributed by atoms with E-state index < -0.39 is 5.97 Å². The number of anilines is 1. The molecule has 4 rings (SSSR count). The first-order valence-electron chi connectivity index (χ1n) is 9.15. The van der Waals surface area contributed by atoms with Crippen LogP contribution in [-0.2, 0) is 11.2 Å². The Morgan fingerprint density at radius 2 is 1.93 bits per heavy atom. The molecule has 0 aliphatic carbocycles. The number of carbonyl (C=O) groups is 1. The predicted octanol–water partition coefficient (Wildman–Crippen LogP) is 4.70. The number of nitrogens with zero attached hydrogens (tertiary/aromatic N) is 2. The van der Waals surface area contributed by atoms with E-state index in [4.69, 9.17) is 0 Å². The highest BCUT2D eigenvalue weighted by atomic mass is 19.1. The second-order valence-corrected chi connectivity index (χ2v) is 7.55. The van der Waals surface area contributed by atoms with Crippen molar-refractivity contribution in [1.29, 1.82) is 0 Å². The number of aromatic nitrogens is 1. The molecule has 27 heavy (non-hydrogen) atoms. The first-order valence-corrected chi connectivity index (χ1v) is 9.15. The SMILES string of the molecule is Cc1c(CC(=O)O)c(-c2ccc(F)cc2)c2cc(C)n3c2c1N(C)CC3C. The number of aryl methyl sites for hydroxylation is 1. The van der Waals surface area contributed by atoms with Crippen LogP contribution in [-0.4, -0.2) is 29.2 Å². The number of hydrogen-bond acceptors (Lipinski definition) is 2. The van der Waals surface area contributed by atoms with Gasteiger partial charge in [-0.3, -0.25) is 4.79 Å². The first-order chi connectivity index (χ1) is 12.8. The van der Waals surface area contributed by atoms with E-state index in [-0.39, 0.29) is 12.2 Å². The van der Waals surface area contributed by atoms with Crippen LogP contribution in [0.1, 0.15) is 29.8 Å². The fourth-order valence-corrected chi connectivity index (χ4v) is 4.68. The second-order valence-electron chi connectivity index (χ2n) is 7.55. The van der Waals surface area contributed by atoms with Gasteiger partial charge in [-0.2, -0.15) is 0 Å². The lowest BCUT2D eigenvalue weighted by atomic mass is 9.88. The zero-order valence-corrected chi connectivity index (χ0v) is 16.0. The Hall–Kier alpha value is -2.82. The topological polar surface area (TPSA) is 45.5 Å². The summed E-state index contributed by atoms with van der Waals surface area (Å²) in [5.41, 5.74) is 6.92. The maximum atomic E-state index is 13.5. The molecule has 0 spiro atoms. The highest BCUT2D eigenvalue weighted by Gasteiger charge is 2.29. The summed E-state index contributed by atoms with van der Waals surface area (Å²) in [5, 5.41) is 10.6.